The number of carbonyl (C=O) groups excluding carboxylic acids is 1. The first-order chi connectivity index (χ1) is 18.3. The molecule has 0 fully saturated rings. The monoisotopic (exact) mass is 539 g/mol. The summed E-state index contributed by atoms with van der Waals surface area (Å²) in [5, 5.41) is 9.36. The van der Waals surface area contributed by atoms with E-state index in [2.05, 4.69) is 45.0 Å². The van der Waals surface area contributed by atoms with Crippen molar-refractivity contribution in [3.05, 3.63) is 100 Å². The molecule has 1 aliphatic heterocycles. The third-order valence-corrected chi connectivity index (χ3v) is 7.08. The fraction of sp³-hybridized carbons (Fsp3) is 0.355. The number of hydrogen-bond acceptors (Lipinski definition) is 3. The fourth-order valence-electron chi connectivity index (χ4n) is 4.86. The number of rotatable bonds is 8. The topological polar surface area (TPSA) is 66.8 Å². The summed E-state index contributed by atoms with van der Waals surface area (Å²) in [6.07, 6.45) is -2.30. The molecule has 1 atom stereocenters. The van der Waals surface area contributed by atoms with Gasteiger partial charge in [0.1, 0.15) is 17.9 Å². The number of amides is 1. The Morgan fingerprint density at radius 2 is 1.64 bits per heavy atom. The van der Waals surface area contributed by atoms with Crippen LogP contribution in [0, 0.1) is 0 Å². The second-order valence-electron chi connectivity index (χ2n) is 10.7. The summed E-state index contributed by atoms with van der Waals surface area (Å²) >= 11 is 0. The van der Waals surface area contributed by atoms with E-state index < -0.39 is 35.8 Å². The molecule has 1 aliphatic rings. The Balaban J connectivity index is 1.48. The van der Waals surface area contributed by atoms with Crippen LogP contribution in [-0.4, -0.2) is 34.0 Å². The molecule has 1 N–H and O–H groups in total. The average Bonchev–Trinajstić information content (AvgIpc) is 2.87. The molecular formula is C31H32F3NO4. The van der Waals surface area contributed by atoms with Crippen molar-refractivity contribution in [3.8, 4) is 5.75 Å². The molecule has 0 aromatic heterocycles. The molecule has 0 spiro atoms. The molecule has 1 amide bonds. The van der Waals surface area contributed by atoms with Gasteiger partial charge in [0.2, 0.25) is 0 Å². The first kappa shape index (κ1) is 28.2. The van der Waals surface area contributed by atoms with E-state index >= 15 is 0 Å². The number of ether oxygens (including phenoxy) is 1. The van der Waals surface area contributed by atoms with E-state index in [9.17, 15) is 27.9 Å². The van der Waals surface area contributed by atoms with Crippen LogP contribution in [0.2, 0.25) is 0 Å². The van der Waals surface area contributed by atoms with Crippen LogP contribution >= 0.6 is 0 Å². The van der Waals surface area contributed by atoms with Gasteiger partial charge < -0.3 is 14.7 Å². The van der Waals surface area contributed by atoms with Crippen molar-refractivity contribution in [3.63, 3.8) is 0 Å². The van der Waals surface area contributed by atoms with Gasteiger partial charge in [-0.3, -0.25) is 9.59 Å². The van der Waals surface area contributed by atoms with Gasteiger partial charge in [0.25, 0.3) is 5.91 Å². The van der Waals surface area contributed by atoms with E-state index in [1.807, 2.05) is 0 Å². The minimum atomic E-state index is -4.48. The zero-order chi connectivity index (χ0) is 28.4. The summed E-state index contributed by atoms with van der Waals surface area (Å²) in [5.74, 6) is -0.579. The largest absolute Gasteiger partial charge is 0.487 e. The number of halogens is 3. The first-order valence-corrected chi connectivity index (χ1v) is 12.9. The minimum Gasteiger partial charge on any atom is -0.487 e. The van der Waals surface area contributed by atoms with Gasteiger partial charge in [-0.15, -0.1) is 0 Å². The molecule has 3 aromatic carbocycles. The van der Waals surface area contributed by atoms with E-state index in [1.165, 1.54) is 23.3 Å². The number of benzene rings is 3. The zero-order valence-corrected chi connectivity index (χ0v) is 22.2. The Morgan fingerprint density at radius 3 is 2.23 bits per heavy atom. The standard InChI is InChI=1S/C31H32F3NO4/c1-20(2)23-8-4-21(5-9-23)17-30(3)15-14-24-16-25(10-13-27(24)39-30)29(38)35(19-28(36)37)18-22-6-11-26(12-7-22)31(32,33)34/h4-13,16,20H,14-15,17-19H2,1-3H3,(H,36,37)/t30-/m1/s1. The number of carboxylic acid groups (broad SMARTS) is 1. The Labute approximate surface area is 226 Å². The van der Waals surface area contributed by atoms with Gasteiger partial charge in [0.15, 0.2) is 0 Å². The molecule has 206 valence electrons. The van der Waals surface area contributed by atoms with Crippen LogP contribution in [0.25, 0.3) is 0 Å². The maximum absolute atomic E-state index is 13.3. The van der Waals surface area contributed by atoms with Gasteiger partial charge >= 0.3 is 12.1 Å². The van der Waals surface area contributed by atoms with Crippen LogP contribution in [0.3, 0.4) is 0 Å². The minimum absolute atomic E-state index is 0.134. The SMILES string of the molecule is CC(C)c1ccc(C[C@@]2(C)CCc3cc(C(=O)N(CC(=O)O)Cc4ccc(C(F)(F)F)cc4)ccc3O2)cc1. The number of aliphatic carboxylic acids is 1. The molecule has 0 aliphatic carbocycles. The molecule has 4 rings (SSSR count). The highest BCUT2D eigenvalue weighted by atomic mass is 19.4. The summed E-state index contributed by atoms with van der Waals surface area (Å²) < 4.78 is 45.0. The number of hydrogen-bond donors (Lipinski definition) is 1. The highest BCUT2D eigenvalue weighted by Crippen LogP contribution is 2.36. The van der Waals surface area contributed by atoms with Crippen molar-refractivity contribution in [1.29, 1.82) is 0 Å². The van der Waals surface area contributed by atoms with Gasteiger partial charge in [-0.05, 0) is 78.3 Å². The number of carbonyl (C=O) groups is 2. The van der Waals surface area contributed by atoms with Crippen molar-refractivity contribution >= 4 is 11.9 Å². The summed E-state index contributed by atoms with van der Waals surface area (Å²) in [6.45, 7) is 5.67. The van der Waals surface area contributed by atoms with Crippen molar-refractivity contribution in [2.45, 2.75) is 64.3 Å². The third-order valence-electron chi connectivity index (χ3n) is 7.08. The summed E-state index contributed by atoms with van der Waals surface area (Å²) in [7, 11) is 0. The highest BCUT2D eigenvalue weighted by Gasteiger charge is 2.33. The lowest BCUT2D eigenvalue weighted by atomic mass is 9.86. The maximum Gasteiger partial charge on any atom is 0.416 e. The third kappa shape index (κ3) is 6.99. The van der Waals surface area contributed by atoms with Crippen LogP contribution < -0.4 is 4.74 Å². The van der Waals surface area contributed by atoms with Crippen LogP contribution in [0.15, 0.2) is 66.7 Å². The molecule has 0 saturated heterocycles. The first-order valence-electron chi connectivity index (χ1n) is 12.9. The van der Waals surface area contributed by atoms with Crippen molar-refractivity contribution < 1.29 is 32.6 Å². The summed E-state index contributed by atoms with van der Waals surface area (Å²) in [6, 6.07) is 18.0. The predicted octanol–water partition coefficient (Wildman–Crippen LogP) is 6.88. The van der Waals surface area contributed by atoms with Crippen molar-refractivity contribution in [2.75, 3.05) is 6.54 Å². The molecule has 0 bridgehead atoms. The van der Waals surface area contributed by atoms with Crippen molar-refractivity contribution in [2.24, 2.45) is 0 Å². The number of carboxylic acids is 1. The number of nitrogens with zero attached hydrogens (tertiary/aromatic N) is 1. The summed E-state index contributed by atoms with van der Waals surface area (Å²) in [5.41, 5.74) is 2.82. The second kappa shape index (κ2) is 11.1. The summed E-state index contributed by atoms with van der Waals surface area (Å²) in [4.78, 5) is 25.9. The molecule has 5 nitrogen and oxygen atoms in total. The van der Waals surface area contributed by atoms with Crippen LogP contribution in [0.4, 0.5) is 13.2 Å². The van der Waals surface area contributed by atoms with E-state index in [1.54, 1.807) is 18.2 Å². The molecule has 3 aromatic rings. The van der Waals surface area contributed by atoms with Gasteiger partial charge in [-0.25, -0.2) is 0 Å². The Bertz CT molecular complexity index is 1330. The van der Waals surface area contributed by atoms with E-state index in [0.29, 0.717) is 29.2 Å². The maximum atomic E-state index is 13.3. The lowest BCUT2D eigenvalue weighted by Gasteiger charge is -2.36. The van der Waals surface area contributed by atoms with Gasteiger partial charge in [-0.1, -0.05) is 50.2 Å². The quantitative estimate of drug-likeness (QED) is 0.339. The van der Waals surface area contributed by atoms with E-state index in [-0.39, 0.29) is 6.54 Å². The number of aryl methyl sites for hydroxylation is 1. The van der Waals surface area contributed by atoms with Gasteiger partial charge in [0, 0.05) is 18.5 Å². The predicted molar refractivity (Wildman–Crippen MR) is 142 cm³/mol. The lowest BCUT2D eigenvalue weighted by Crippen LogP contribution is -2.39. The average molecular weight is 540 g/mol. The molecule has 1 heterocycles. The van der Waals surface area contributed by atoms with Crippen LogP contribution in [0.5, 0.6) is 5.75 Å². The van der Waals surface area contributed by atoms with E-state index in [4.69, 9.17) is 4.74 Å². The Kier molecular flexibility index (Phi) is 8.04. The highest BCUT2D eigenvalue weighted by molar-refractivity contribution is 5.96. The molecule has 0 unspecified atom stereocenters. The number of alkyl halides is 3. The fourth-order valence-corrected chi connectivity index (χ4v) is 4.86. The Morgan fingerprint density at radius 1 is 1.00 bits per heavy atom. The van der Waals surface area contributed by atoms with Crippen LogP contribution in [-0.2, 0) is 30.4 Å². The Hall–Kier alpha value is -3.81. The number of fused-ring (bicyclic) bond motifs is 1. The lowest BCUT2D eigenvalue weighted by molar-refractivity contribution is -0.138. The van der Waals surface area contributed by atoms with E-state index in [0.717, 1.165) is 35.4 Å². The second-order valence-corrected chi connectivity index (χ2v) is 10.7. The molecule has 0 saturated carbocycles. The molecular weight excluding hydrogens is 507 g/mol. The van der Waals surface area contributed by atoms with Crippen LogP contribution in [0.1, 0.15) is 71.3 Å². The zero-order valence-electron chi connectivity index (χ0n) is 22.2. The van der Waals surface area contributed by atoms with Gasteiger partial charge in [0.05, 0.1) is 5.56 Å². The normalized spacial score (nSPS) is 16.9. The smallest absolute Gasteiger partial charge is 0.416 e. The van der Waals surface area contributed by atoms with Gasteiger partial charge in [-0.2, -0.15) is 13.2 Å². The molecule has 0 radical (unpaired) electrons. The van der Waals surface area contributed by atoms with Crippen molar-refractivity contribution in [1.82, 2.24) is 4.90 Å². The molecule has 8 heteroatoms. The molecule has 39 heavy (non-hydrogen) atoms.